The van der Waals surface area contributed by atoms with E-state index in [-0.39, 0.29) is 27.0 Å². The second-order valence-corrected chi connectivity index (χ2v) is 4.57. The molecular formula is C16H14Cl2O2. The molecule has 0 aromatic heterocycles. The van der Waals surface area contributed by atoms with E-state index in [1.54, 1.807) is 24.3 Å². The first kappa shape index (κ1) is 16.3. The highest BCUT2D eigenvalue weighted by atomic mass is 35.5. The first-order valence-electron chi connectivity index (χ1n) is 5.69. The standard InChI is InChI=1S/C16H14Cl2O2/c1-5-7-11(6-2)10(3)16(19)12-8-9-13(20-4)15(18)14(12)17/h5-9H,1-3H2,4H3/b11-7+. The summed E-state index contributed by atoms with van der Waals surface area (Å²) in [5, 5.41) is 0.333. The van der Waals surface area contributed by atoms with Crippen molar-refractivity contribution in [1.29, 1.82) is 0 Å². The minimum atomic E-state index is -0.326. The molecule has 0 spiro atoms. The van der Waals surface area contributed by atoms with Gasteiger partial charge in [-0.3, -0.25) is 4.79 Å². The van der Waals surface area contributed by atoms with Crippen molar-refractivity contribution in [2.45, 2.75) is 0 Å². The van der Waals surface area contributed by atoms with Gasteiger partial charge in [0, 0.05) is 11.1 Å². The van der Waals surface area contributed by atoms with E-state index in [1.165, 1.54) is 13.2 Å². The van der Waals surface area contributed by atoms with Crippen LogP contribution in [0.5, 0.6) is 5.75 Å². The van der Waals surface area contributed by atoms with Gasteiger partial charge in [0.25, 0.3) is 0 Å². The lowest BCUT2D eigenvalue weighted by Gasteiger charge is -2.10. The Labute approximate surface area is 128 Å². The van der Waals surface area contributed by atoms with E-state index in [9.17, 15) is 4.79 Å². The van der Waals surface area contributed by atoms with Gasteiger partial charge >= 0.3 is 0 Å². The van der Waals surface area contributed by atoms with Gasteiger partial charge in [-0.25, -0.2) is 0 Å². The number of rotatable bonds is 6. The van der Waals surface area contributed by atoms with Crippen molar-refractivity contribution >= 4 is 29.0 Å². The van der Waals surface area contributed by atoms with Crippen LogP contribution in [0.1, 0.15) is 10.4 Å². The van der Waals surface area contributed by atoms with Crippen LogP contribution in [0.25, 0.3) is 0 Å². The van der Waals surface area contributed by atoms with Crippen molar-refractivity contribution in [1.82, 2.24) is 0 Å². The Morgan fingerprint density at radius 3 is 2.40 bits per heavy atom. The summed E-state index contributed by atoms with van der Waals surface area (Å²) in [7, 11) is 1.47. The number of ether oxygens (including phenoxy) is 1. The molecule has 2 nitrogen and oxygen atoms in total. The summed E-state index contributed by atoms with van der Waals surface area (Å²) in [6.07, 6.45) is 4.73. The molecule has 0 amide bonds. The van der Waals surface area contributed by atoms with E-state index in [2.05, 4.69) is 19.7 Å². The van der Waals surface area contributed by atoms with Gasteiger partial charge in [0.1, 0.15) is 10.8 Å². The molecule has 1 rings (SSSR count). The SMILES string of the molecule is C=C/C=C(\C=C)C(=C)C(=O)c1ccc(OC)c(Cl)c1Cl. The molecular weight excluding hydrogens is 295 g/mol. The topological polar surface area (TPSA) is 26.3 Å². The summed E-state index contributed by atoms with van der Waals surface area (Å²) < 4.78 is 5.04. The molecule has 1 aromatic rings. The largest absolute Gasteiger partial charge is 0.495 e. The van der Waals surface area contributed by atoms with E-state index in [4.69, 9.17) is 27.9 Å². The number of halogens is 2. The summed E-state index contributed by atoms with van der Waals surface area (Å²) >= 11 is 12.1. The molecule has 0 N–H and O–H groups in total. The third-order valence-electron chi connectivity index (χ3n) is 2.65. The van der Waals surface area contributed by atoms with E-state index in [0.717, 1.165) is 0 Å². The number of allylic oxidation sites excluding steroid dienone is 5. The summed E-state index contributed by atoms with van der Waals surface area (Å²) in [5.41, 5.74) is 1.11. The van der Waals surface area contributed by atoms with Gasteiger partial charge in [0.05, 0.1) is 12.1 Å². The quantitative estimate of drug-likeness (QED) is 0.418. The van der Waals surface area contributed by atoms with E-state index in [0.29, 0.717) is 11.3 Å². The minimum Gasteiger partial charge on any atom is -0.495 e. The fraction of sp³-hybridized carbons (Fsp3) is 0.0625. The van der Waals surface area contributed by atoms with Crippen LogP contribution in [0.4, 0.5) is 0 Å². The first-order chi connectivity index (χ1) is 9.47. The minimum absolute atomic E-state index is 0.138. The first-order valence-corrected chi connectivity index (χ1v) is 6.44. The monoisotopic (exact) mass is 308 g/mol. The highest BCUT2D eigenvalue weighted by Crippen LogP contribution is 2.35. The lowest BCUT2D eigenvalue weighted by Crippen LogP contribution is -2.05. The van der Waals surface area contributed by atoms with Gasteiger partial charge in [-0.05, 0) is 17.7 Å². The van der Waals surface area contributed by atoms with Crippen LogP contribution in [0, 0.1) is 0 Å². The normalized spacial score (nSPS) is 10.8. The molecule has 0 atom stereocenters. The van der Waals surface area contributed by atoms with Gasteiger partial charge in [-0.1, -0.05) is 61.2 Å². The number of carbonyl (C=O) groups is 1. The van der Waals surface area contributed by atoms with Crippen molar-refractivity contribution in [3.05, 3.63) is 76.9 Å². The average Bonchev–Trinajstić information content (AvgIpc) is 2.46. The maximum Gasteiger partial charge on any atom is 0.194 e. The van der Waals surface area contributed by atoms with Crippen LogP contribution >= 0.6 is 23.2 Å². The Balaban J connectivity index is 3.26. The Morgan fingerprint density at radius 2 is 1.90 bits per heavy atom. The molecule has 0 bridgehead atoms. The molecule has 0 aliphatic rings. The molecule has 0 saturated heterocycles. The second kappa shape index (κ2) is 7.13. The van der Waals surface area contributed by atoms with Crippen LogP contribution < -0.4 is 4.74 Å². The predicted octanol–water partition coefficient (Wildman–Crippen LogP) is 5.04. The van der Waals surface area contributed by atoms with Crippen molar-refractivity contribution in [3.63, 3.8) is 0 Å². The third-order valence-corrected chi connectivity index (χ3v) is 3.52. The van der Waals surface area contributed by atoms with Crippen LogP contribution in [0.2, 0.25) is 10.0 Å². The average molecular weight is 309 g/mol. The summed E-state index contributed by atoms with van der Waals surface area (Å²) in [6, 6.07) is 3.13. The number of hydrogen-bond donors (Lipinski definition) is 0. The molecule has 104 valence electrons. The van der Waals surface area contributed by atoms with Crippen LogP contribution in [-0.2, 0) is 0 Å². The molecule has 0 aliphatic carbocycles. The maximum absolute atomic E-state index is 12.4. The maximum atomic E-state index is 12.4. The molecule has 0 fully saturated rings. The lowest BCUT2D eigenvalue weighted by molar-refractivity contribution is 0.103. The van der Waals surface area contributed by atoms with Crippen molar-refractivity contribution in [2.24, 2.45) is 0 Å². The van der Waals surface area contributed by atoms with Crippen molar-refractivity contribution in [3.8, 4) is 5.75 Å². The third kappa shape index (κ3) is 3.21. The molecule has 0 heterocycles. The van der Waals surface area contributed by atoms with Crippen molar-refractivity contribution in [2.75, 3.05) is 7.11 Å². The van der Waals surface area contributed by atoms with Crippen LogP contribution in [0.15, 0.2) is 61.2 Å². The molecule has 0 unspecified atom stereocenters. The van der Waals surface area contributed by atoms with Crippen LogP contribution in [0.3, 0.4) is 0 Å². The Morgan fingerprint density at radius 1 is 1.25 bits per heavy atom. The molecule has 1 aromatic carbocycles. The molecule has 0 saturated carbocycles. The summed E-state index contributed by atoms with van der Waals surface area (Å²) in [5.74, 6) is 0.0805. The van der Waals surface area contributed by atoms with E-state index < -0.39 is 0 Å². The zero-order valence-electron chi connectivity index (χ0n) is 11.1. The Bertz CT molecular complexity index is 613. The molecule has 0 radical (unpaired) electrons. The Hall–Kier alpha value is -1.77. The zero-order valence-corrected chi connectivity index (χ0v) is 12.6. The molecule has 4 heteroatoms. The number of benzene rings is 1. The number of Topliss-reactive ketones (excluding diaryl/α,β-unsaturated/α-hetero) is 1. The van der Waals surface area contributed by atoms with Crippen molar-refractivity contribution < 1.29 is 9.53 Å². The van der Waals surface area contributed by atoms with Gasteiger partial charge in [0.15, 0.2) is 5.78 Å². The fourth-order valence-electron chi connectivity index (χ4n) is 1.58. The van der Waals surface area contributed by atoms with Crippen LogP contribution in [-0.4, -0.2) is 12.9 Å². The van der Waals surface area contributed by atoms with Gasteiger partial charge in [-0.2, -0.15) is 0 Å². The fourth-order valence-corrected chi connectivity index (χ4v) is 2.06. The summed E-state index contributed by atoms with van der Waals surface area (Å²) in [6.45, 7) is 11.0. The zero-order chi connectivity index (χ0) is 15.3. The number of hydrogen-bond acceptors (Lipinski definition) is 2. The summed E-state index contributed by atoms with van der Waals surface area (Å²) in [4.78, 5) is 12.4. The molecule has 0 aliphatic heterocycles. The van der Waals surface area contributed by atoms with Gasteiger partial charge in [0.2, 0.25) is 0 Å². The lowest BCUT2D eigenvalue weighted by atomic mass is 9.97. The highest BCUT2D eigenvalue weighted by Gasteiger charge is 2.19. The molecule has 20 heavy (non-hydrogen) atoms. The smallest absolute Gasteiger partial charge is 0.194 e. The number of carbonyl (C=O) groups excluding carboxylic acids is 1. The van der Waals surface area contributed by atoms with Gasteiger partial charge in [-0.15, -0.1) is 0 Å². The number of ketones is 1. The highest BCUT2D eigenvalue weighted by molar-refractivity contribution is 6.45. The number of methoxy groups -OCH3 is 1. The van der Waals surface area contributed by atoms with E-state index >= 15 is 0 Å². The van der Waals surface area contributed by atoms with Gasteiger partial charge < -0.3 is 4.74 Å². The second-order valence-electron chi connectivity index (χ2n) is 3.81. The predicted molar refractivity (Wildman–Crippen MR) is 85.0 cm³/mol. The Kier molecular flexibility index (Phi) is 5.81. The van der Waals surface area contributed by atoms with E-state index in [1.807, 2.05) is 0 Å².